The minimum atomic E-state index is -0.294. The molecule has 0 aliphatic heterocycles. The normalized spacial score (nSPS) is 11.2. The number of rotatable bonds is 4. The Morgan fingerprint density at radius 2 is 2.25 bits per heavy atom. The fourth-order valence-corrected chi connectivity index (χ4v) is 1.84. The maximum absolute atomic E-state index is 13.0. The molecule has 1 heterocycles. The van der Waals surface area contributed by atoms with E-state index < -0.39 is 0 Å². The third kappa shape index (κ3) is 1.93. The summed E-state index contributed by atoms with van der Waals surface area (Å²) in [7, 11) is 0. The number of imidazole rings is 1. The van der Waals surface area contributed by atoms with Crippen LogP contribution in [0.1, 0.15) is 25.6 Å². The van der Waals surface area contributed by atoms with Gasteiger partial charge in [-0.2, -0.15) is 0 Å². The van der Waals surface area contributed by atoms with Crippen molar-refractivity contribution in [2.75, 3.05) is 0 Å². The summed E-state index contributed by atoms with van der Waals surface area (Å²) in [4.78, 5) is 4.22. The van der Waals surface area contributed by atoms with Crippen LogP contribution in [0.15, 0.2) is 18.2 Å². The summed E-state index contributed by atoms with van der Waals surface area (Å²) in [5.74, 6) is 0.311. The number of hydrogen-bond acceptors (Lipinski definition) is 2. The first-order valence-electron chi connectivity index (χ1n) is 5.51. The van der Waals surface area contributed by atoms with Gasteiger partial charge < -0.3 is 9.67 Å². The summed E-state index contributed by atoms with van der Waals surface area (Å²) < 4.78 is 15.0. The zero-order chi connectivity index (χ0) is 11.5. The van der Waals surface area contributed by atoms with E-state index in [1.165, 1.54) is 12.1 Å². The van der Waals surface area contributed by atoms with Gasteiger partial charge in [0.25, 0.3) is 0 Å². The Balaban J connectivity index is 2.50. The fourth-order valence-electron chi connectivity index (χ4n) is 1.84. The van der Waals surface area contributed by atoms with Crippen molar-refractivity contribution < 1.29 is 9.50 Å². The number of aliphatic hydroxyl groups excluding tert-OH is 1. The quantitative estimate of drug-likeness (QED) is 0.863. The first-order valence-corrected chi connectivity index (χ1v) is 5.51. The van der Waals surface area contributed by atoms with Crippen molar-refractivity contribution in [3.63, 3.8) is 0 Å². The maximum atomic E-state index is 13.0. The molecule has 0 aliphatic carbocycles. The number of hydrogen-bond donors (Lipinski definition) is 1. The van der Waals surface area contributed by atoms with Crippen LogP contribution in [0.2, 0.25) is 0 Å². The van der Waals surface area contributed by atoms with Gasteiger partial charge in [0.1, 0.15) is 18.2 Å². The van der Waals surface area contributed by atoms with Crippen LogP contribution in [0.3, 0.4) is 0 Å². The van der Waals surface area contributed by atoms with Crippen LogP contribution in [0.4, 0.5) is 4.39 Å². The van der Waals surface area contributed by atoms with Crippen molar-refractivity contribution in [1.82, 2.24) is 9.55 Å². The zero-order valence-electron chi connectivity index (χ0n) is 9.28. The second kappa shape index (κ2) is 4.61. The largest absolute Gasteiger partial charge is 0.388 e. The molecule has 0 atom stereocenters. The molecule has 0 radical (unpaired) electrons. The zero-order valence-corrected chi connectivity index (χ0v) is 9.28. The molecular formula is C12H15FN2O. The molecule has 0 saturated heterocycles. The lowest BCUT2D eigenvalue weighted by molar-refractivity contribution is 0.265. The molecule has 0 spiro atoms. The molecule has 0 bridgehead atoms. The molecule has 0 amide bonds. The Hall–Kier alpha value is -1.42. The van der Waals surface area contributed by atoms with E-state index >= 15 is 0 Å². The smallest absolute Gasteiger partial charge is 0.135 e. The van der Waals surface area contributed by atoms with E-state index in [1.807, 2.05) is 4.57 Å². The first kappa shape index (κ1) is 11.1. The first-order chi connectivity index (χ1) is 7.76. The van der Waals surface area contributed by atoms with Crippen LogP contribution in [0.25, 0.3) is 11.0 Å². The SMILES string of the molecule is CCCCn1c(CO)nc2cc(F)ccc21. The van der Waals surface area contributed by atoms with E-state index in [1.54, 1.807) is 6.07 Å². The number of halogens is 1. The number of aliphatic hydroxyl groups is 1. The van der Waals surface area contributed by atoms with Crippen LogP contribution >= 0.6 is 0 Å². The molecule has 0 fully saturated rings. The van der Waals surface area contributed by atoms with Crippen molar-refractivity contribution in [2.45, 2.75) is 32.9 Å². The molecule has 86 valence electrons. The van der Waals surface area contributed by atoms with Crippen LogP contribution < -0.4 is 0 Å². The summed E-state index contributed by atoms with van der Waals surface area (Å²) in [5.41, 5.74) is 1.50. The van der Waals surface area contributed by atoms with Crippen molar-refractivity contribution in [3.8, 4) is 0 Å². The standard InChI is InChI=1S/C12H15FN2O/c1-2-3-6-15-11-5-4-9(13)7-10(11)14-12(15)8-16/h4-5,7,16H,2-3,6,8H2,1H3. The molecule has 0 saturated carbocycles. The van der Waals surface area contributed by atoms with E-state index in [0.29, 0.717) is 11.3 Å². The number of nitrogens with zero attached hydrogens (tertiary/aromatic N) is 2. The molecule has 4 heteroatoms. The van der Waals surface area contributed by atoms with Gasteiger partial charge in [-0.1, -0.05) is 13.3 Å². The van der Waals surface area contributed by atoms with E-state index in [2.05, 4.69) is 11.9 Å². The van der Waals surface area contributed by atoms with Crippen LogP contribution in [-0.2, 0) is 13.2 Å². The monoisotopic (exact) mass is 222 g/mol. The van der Waals surface area contributed by atoms with Gasteiger partial charge in [-0.3, -0.25) is 0 Å². The van der Waals surface area contributed by atoms with Gasteiger partial charge in [-0.25, -0.2) is 9.37 Å². The highest BCUT2D eigenvalue weighted by Crippen LogP contribution is 2.18. The molecule has 1 aromatic carbocycles. The molecule has 1 aromatic heterocycles. The number of fused-ring (bicyclic) bond motifs is 1. The van der Waals surface area contributed by atoms with Gasteiger partial charge in [0.2, 0.25) is 0 Å². The van der Waals surface area contributed by atoms with Gasteiger partial charge in [-0.05, 0) is 18.6 Å². The molecule has 1 N–H and O–H groups in total. The van der Waals surface area contributed by atoms with E-state index in [-0.39, 0.29) is 12.4 Å². The molecule has 16 heavy (non-hydrogen) atoms. The number of benzene rings is 1. The van der Waals surface area contributed by atoms with E-state index in [4.69, 9.17) is 0 Å². The average Bonchev–Trinajstić information content (AvgIpc) is 2.63. The maximum Gasteiger partial charge on any atom is 0.135 e. The molecule has 0 unspecified atom stereocenters. The number of aryl methyl sites for hydroxylation is 1. The molecule has 2 aromatic rings. The van der Waals surface area contributed by atoms with E-state index in [0.717, 1.165) is 24.9 Å². The predicted molar refractivity (Wildman–Crippen MR) is 60.5 cm³/mol. The summed E-state index contributed by atoms with van der Waals surface area (Å²) >= 11 is 0. The summed E-state index contributed by atoms with van der Waals surface area (Å²) in [6.45, 7) is 2.81. The minimum absolute atomic E-state index is 0.111. The Bertz CT molecular complexity index is 493. The van der Waals surface area contributed by atoms with Gasteiger partial charge in [0, 0.05) is 12.6 Å². The van der Waals surface area contributed by atoms with Crippen LogP contribution in [-0.4, -0.2) is 14.7 Å². The fraction of sp³-hybridized carbons (Fsp3) is 0.417. The third-order valence-electron chi connectivity index (χ3n) is 2.67. The lowest BCUT2D eigenvalue weighted by atomic mass is 10.3. The topological polar surface area (TPSA) is 38.0 Å². The van der Waals surface area contributed by atoms with Gasteiger partial charge in [-0.15, -0.1) is 0 Å². The Labute approximate surface area is 93.5 Å². The van der Waals surface area contributed by atoms with Crippen molar-refractivity contribution in [1.29, 1.82) is 0 Å². The van der Waals surface area contributed by atoms with E-state index in [9.17, 15) is 9.50 Å². The molecule has 0 aliphatic rings. The van der Waals surface area contributed by atoms with Crippen LogP contribution in [0, 0.1) is 5.82 Å². The number of aromatic nitrogens is 2. The van der Waals surface area contributed by atoms with Crippen molar-refractivity contribution in [2.24, 2.45) is 0 Å². The summed E-state index contributed by atoms with van der Waals surface area (Å²) in [5, 5.41) is 9.21. The average molecular weight is 222 g/mol. The second-order valence-corrected chi connectivity index (χ2v) is 3.82. The van der Waals surface area contributed by atoms with Crippen LogP contribution in [0.5, 0.6) is 0 Å². The lowest BCUT2D eigenvalue weighted by Crippen LogP contribution is -2.03. The highest BCUT2D eigenvalue weighted by atomic mass is 19.1. The molecule has 2 rings (SSSR count). The molecular weight excluding hydrogens is 207 g/mol. The Morgan fingerprint density at radius 3 is 2.94 bits per heavy atom. The van der Waals surface area contributed by atoms with Gasteiger partial charge in [0.05, 0.1) is 11.0 Å². The summed E-state index contributed by atoms with van der Waals surface area (Å²) in [6, 6.07) is 4.54. The number of unbranched alkanes of at least 4 members (excludes halogenated alkanes) is 1. The Morgan fingerprint density at radius 1 is 1.44 bits per heavy atom. The minimum Gasteiger partial charge on any atom is -0.388 e. The highest BCUT2D eigenvalue weighted by Gasteiger charge is 2.09. The third-order valence-corrected chi connectivity index (χ3v) is 2.67. The Kier molecular flexibility index (Phi) is 3.19. The van der Waals surface area contributed by atoms with Crippen molar-refractivity contribution in [3.05, 3.63) is 29.8 Å². The molecule has 3 nitrogen and oxygen atoms in total. The lowest BCUT2D eigenvalue weighted by Gasteiger charge is -2.06. The van der Waals surface area contributed by atoms with Gasteiger partial charge >= 0.3 is 0 Å². The predicted octanol–water partition coefficient (Wildman–Crippen LogP) is 2.47. The highest BCUT2D eigenvalue weighted by molar-refractivity contribution is 5.76. The van der Waals surface area contributed by atoms with Gasteiger partial charge in [0.15, 0.2) is 0 Å². The summed E-state index contributed by atoms with van der Waals surface area (Å²) in [6.07, 6.45) is 2.10. The van der Waals surface area contributed by atoms with Crippen molar-refractivity contribution >= 4 is 11.0 Å². The second-order valence-electron chi connectivity index (χ2n) is 3.82.